The lowest BCUT2D eigenvalue weighted by Crippen LogP contribution is -2.33. The molecule has 0 aliphatic carbocycles. The summed E-state index contributed by atoms with van der Waals surface area (Å²) >= 11 is 0. The smallest absolute Gasteiger partial charge is 0.319 e. The number of amides is 2. The van der Waals surface area contributed by atoms with Crippen molar-refractivity contribution in [2.45, 2.75) is 18.9 Å². The fraction of sp³-hybridized carbons (Fsp3) is 0.222. The number of hydrogen-bond acceptors (Lipinski definition) is 3. The summed E-state index contributed by atoms with van der Waals surface area (Å²) in [5.74, 6) is 0. The van der Waals surface area contributed by atoms with Gasteiger partial charge in [0, 0.05) is 12.3 Å². The molecule has 0 radical (unpaired) electrons. The Kier molecular flexibility index (Phi) is 6.16. The fourth-order valence-electron chi connectivity index (χ4n) is 2.26. The molecule has 0 saturated heterocycles. The van der Waals surface area contributed by atoms with Gasteiger partial charge in [0.15, 0.2) is 0 Å². The molecule has 0 aliphatic heterocycles. The van der Waals surface area contributed by atoms with Gasteiger partial charge in [0.25, 0.3) is 0 Å². The molecule has 1 atom stereocenters. The van der Waals surface area contributed by atoms with E-state index in [1.54, 1.807) is 24.3 Å². The maximum Gasteiger partial charge on any atom is 0.319 e. The Morgan fingerprint density at radius 1 is 1.13 bits per heavy atom. The van der Waals surface area contributed by atoms with Crippen molar-refractivity contribution in [3.63, 3.8) is 0 Å². The Morgan fingerprint density at radius 2 is 1.83 bits per heavy atom. The van der Waals surface area contributed by atoms with E-state index in [0.29, 0.717) is 18.5 Å². The van der Waals surface area contributed by atoms with E-state index in [4.69, 9.17) is 5.26 Å². The van der Waals surface area contributed by atoms with E-state index in [0.717, 1.165) is 11.1 Å². The number of nitrogens with zero attached hydrogens (tertiary/aromatic N) is 1. The number of urea groups is 1. The molecule has 23 heavy (non-hydrogen) atoms. The molecule has 2 aromatic carbocycles. The molecule has 0 aromatic heterocycles. The average Bonchev–Trinajstić information content (AvgIpc) is 2.57. The maximum atomic E-state index is 12.1. The third-order valence-corrected chi connectivity index (χ3v) is 3.42. The lowest BCUT2D eigenvalue weighted by Gasteiger charge is -2.18. The lowest BCUT2D eigenvalue weighted by atomic mass is 10.0. The lowest BCUT2D eigenvalue weighted by molar-refractivity contribution is 0.239. The van der Waals surface area contributed by atoms with Gasteiger partial charge < -0.3 is 15.7 Å². The van der Waals surface area contributed by atoms with Crippen LogP contribution in [0.4, 0.5) is 10.5 Å². The van der Waals surface area contributed by atoms with Crippen molar-refractivity contribution in [1.82, 2.24) is 5.32 Å². The van der Waals surface area contributed by atoms with Crippen LogP contribution in [0, 0.1) is 11.3 Å². The number of carbonyl (C=O) groups excluding carboxylic acids is 1. The summed E-state index contributed by atoms with van der Waals surface area (Å²) in [5.41, 5.74) is 2.50. The summed E-state index contributed by atoms with van der Waals surface area (Å²) in [6.07, 6.45) is 0.789. The highest BCUT2D eigenvalue weighted by Gasteiger charge is 2.13. The molecule has 2 amide bonds. The van der Waals surface area contributed by atoms with Crippen LogP contribution >= 0.6 is 0 Å². The second-order valence-corrected chi connectivity index (χ2v) is 5.11. The van der Waals surface area contributed by atoms with E-state index < -0.39 is 0 Å². The Morgan fingerprint density at radius 3 is 2.43 bits per heavy atom. The number of anilines is 1. The molecule has 3 N–H and O–H groups in total. The zero-order chi connectivity index (χ0) is 16.5. The van der Waals surface area contributed by atoms with Crippen molar-refractivity contribution < 1.29 is 9.90 Å². The summed E-state index contributed by atoms with van der Waals surface area (Å²) in [5, 5.41) is 23.4. The fourth-order valence-corrected chi connectivity index (χ4v) is 2.26. The van der Waals surface area contributed by atoms with Crippen LogP contribution in [-0.2, 0) is 6.42 Å². The Bertz CT molecular complexity index is 663. The van der Waals surface area contributed by atoms with Crippen molar-refractivity contribution in [3.05, 3.63) is 65.7 Å². The predicted octanol–water partition coefficient (Wildman–Crippen LogP) is 3.00. The second kappa shape index (κ2) is 8.57. The Labute approximate surface area is 135 Å². The third kappa shape index (κ3) is 5.13. The van der Waals surface area contributed by atoms with Crippen LogP contribution in [0.3, 0.4) is 0 Å². The van der Waals surface area contributed by atoms with E-state index >= 15 is 0 Å². The summed E-state index contributed by atoms with van der Waals surface area (Å²) in [6, 6.07) is 18.2. The first kappa shape index (κ1) is 16.5. The first-order chi connectivity index (χ1) is 11.2. The van der Waals surface area contributed by atoms with E-state index in [1.165, 1.54) is 0 Å². The van der Waals surface area contributed by atoms with Crippen LogP contribution in [0.1, 0.15) is 23.6 Å². The first-order valence-electron chi connectivity index (χ1n) is 7.42. The predicted molar refractivity (Wildman–Crippen MR) is 88.8 cm³/mol. The maximum absolute atomic E-state index is 12.1. The highest BCUT2D eigenvalue weighted by atomic mass is 16.3. The van der Waals surface area contributed by atoms with Gasteiger partial charge in [-0.05, 0) is 29.7 Å². The number of aliphatic hydroxyl groups excluding tert-OH is 1. The molecule has 0 saturated carbocycles. The van der Waals surface area contributed by atoms with Crippen molar-refractivity contribution in [3.8, 4) is 6.07 Å². The highest BCUT2D eigenvalue weighted by Crippen LogP contribution is 2.16. The molecule has 5 heteroatoms. The molecule has 0 spiro atoms. The highest BCUT2D eigenvalue weighted by molar-refractivity contribution is 5.89. The number of carbonyl (C=O) groups is 1. The second-order valence-electron chi connectivity index (χ2n) is 5.11. The van der Waals surface area contributed by atoms with Gasteiger partial charge in [0.1, 0.15) is 0 Å². The van der Waals surface area contributed by atoms with Crippen molar-refractivity contribution in [2.24, 2.45) is 0 Å². The van der Waals surface area contributed by atoms with Gasteiger partial charge in [-0.1, -0.05) is 42.5 Å². The van der Waals surface area contributed by atoms with Gasteiger partial charge in [0.2, 0.25) is 0 Å². The van der Waals surface area contributed by atoms with Crippen LogP contribution < -0.4 is 10.6 Å². The van der Waals surface area contributed by atoms with Crippen molar-refractivity contribution >= 4 is 11.7 Å². The van der Waals surface area contributed by atoms with Crippen LogP contribution in [0.2, 0.25) is 0 Å². The summed E-state index contributed by atoms with van der Waals surface area (Å²) in [6.45, 7) is -0.0112. The number of benzene rings is 2. The monoisotopic (exact) mass is 309 g/mol. The van der Waals surface area contributed by atoms with Gasteiger partial charge in [-0.25, -0.2) is 4.79 Å². The average molecular weight is 309 g/mol. The number of nitrogens with one attached hydrogen (secondary N) is 2. The third-order valence-electron chi connectivity index (χ3n) is 3.42. The van der Waals surface area contributed by atoms with Gasteiger partial charge in [-0.15, -0.1) is 0 Å². The minimum Gasteiger partial charge on any atom is -0.396 e. The van der Waals surface area contributed by atoms with Crippen LogP contribution in [-0.4, -0.2) is 17.7 Å². The minimum atomic E-state index is -0.333. The molecule has 0 unspecified atom stereocenters. The van der Waals surface area contributed by atoms with Crippen LogP contribution in [0.15, 0.2) is 54.6 Å². The topological polar surface area (TPSA) is 85.2 Å². The van der Waals surface area contributed by atoms with Crippen LogP contribution in [0.5, 0.6) is 0 Å². The molecule has 5 nitrogen and oxygen atoms in total. The van der Waals surface area contributed by atoms with Crippen molar-refractivity contribution in [1.29, 1.82) is 5.26 Å². The molecule has 2 rings (SSSR count). The SMILES string of the molecule is N#CCc1ccc(NC(=O)N[C@H](CCO)c2ccccc2)cc1. The largest absolute Gasteiger partial charge is 0.396 e. The standard InChI is InChI=1S/C18H19N3O2/c19-12-10-14-6-8-16(9-7-14)20-18(23)21-17(11-13-22)15-4-2-1-3-5-15/h1-9,17,22H,10-11,13H2,(H2,20,21,23)/t17-/m1/s1. The number of aliphatic hydroxyl groups is 1. The molecular formula is C18H19N3O2. The number of rotatable bonds is 6. The minimum absolute atomic E-state index is 0.0112. The Balaban J connectivity index is 1.98. The van der Waals surface area contributed by atoms with Gasteiger partial charge in [-0.2, -0.15) is 5.26 Å². The quantitative estimate of drug-likeness (QED) is 0.767. The van der Waals surface area contributed by atoms with Gasteiger partial charge in [0.05, 0.1) is 18.5 Å². The molecule has 118 valence electrons. The molecule has 0 fully saturated rings. The molecule has 0 bridgehead atoms. The zero-order valence-corrected chi connectivity index (χ0v) is 12.7. The number of nitriles is 1. The summed E-state index contributed by atoms with van der Waals surface area (Å²) in [4.78, 5) is 12.1. The first-order valence-corrected chi connectivity index (χ1v) is 7.42. The molecule has 0 aliphatic rings. The zero-order valence-electron chi connectivity index (χ0n) is 12.7. The molecule has 2 aromatic rings. The van der Waals surface area contributed by atoms with Gasteiger partial charge >= 0.3 is 6.03 Å². The normalized spacial score (nSPS) is 11.3. The van der Waals surface area contributed by atoms with Crippen LogP contribution in [0.25, 0.3) is 0 Å². The van der Waals surface area contributed by atoms with E-state index in [2.05, 4.69) is 16.7 Å². The van der Waals surface area contributed by atoms with E-state index in [-0.39, 0.29) is 18.7 Å². The summed E-state index contributed by atoms with van der Waals surface area (Å²) < 4.78 is 0. The summed E-state index contributed by atoms with van der Waals surface area (Å²) in [7, 11) is 0. The van der Waals surface area contributed by atoms with Gasteiger partial charge in [-0.3, -0.25) is 0 Å². The van der Waals surface area contributed by atoms with E-state index in [9.17, 15) is 9.90 Å². The Hall–Kier alpha value is -2.84. The van der Waals surface area contributed by atoms with E-state index in [1.807, 2.05) is 30.3 Å². The molecule has 0 heterocycles. The number of hydrogen-bond donors (Lipinski definition) is 3. The van der Waals surface area contributed by atoms with Crippen molar-refractivity contribution in [2.75, 3.05) is 11.9 Å². The molecular weight excluding hydrogens is 290 g/mol.